The Labute approximate surface area is 125 Å². The number of nitrogens with zero attached hydrogens (tertiary/aromatic N) is 2. The summed E-state index contributed by atoms with van der Waals surface area (Å²) < 4.78 is 0. The predicted octanol–water partition coefficient (Wildman–Crippen LogP) is 5.17. The Morgan fingerprint density at radius 3 is 2.00 bits per heavy atom. The maximum Gasteiger partial charge on any atom is 0.137 e. The second-order valence-electron chi connectivity index (χ2n) is 5.14. The molecule has 1 aromatic heterocycles. The molecule has 0 aliphatic carbocycles. The second-order valence-corrected chi connectivity index (χ2v) is 5.14. The van der Waals surface area contributed by atoms with E-state index >= 15 is 0 Å². The Kier molecular flexibility index (Phi) is 3.69. The lowest BCUT2D eigenvalue weighted by Gasteiger charge is -2.24. The number of pyridine rings is 1. The normalized spacial score (nSPS) is 10.4. The van der Waals surface area contributed by atoms with Crippen molar-refractivity contribution in [3.63, 3.8) is 0 Å². The number of aromatic nitrogens is 1. The van der Waals surface area contributed by atoms with Gasteiger partial charge in [0.1, 0.15) is 5.82 Å². The number of para-hydroxylation sites is 1. The molecule has 0 unspecified atom stereocenters. The van der Waals surface area contributed by atoms with Gasteiger partial charge in [0, 0.05) is 17.1 Å². The first-order chi connectivity index (χ1) is 10.2. The van der Waals surface area contributed by atoms with E-state index in [9.17, 15) is 0 Å². The van der Waals surface area contributed by atoms with Gasteiger partial charge in [0.2, 0.25) is 0 Å². The summed E-state index contributed by atoms with van der Waals surface area (Å²) in [4.78, 5) is 6.85. The summed E-state index contributed by atoms with van der Waals surface area (Å²) in [5.74, 6) is 0.935. The molecule has 0 saturated heterocycles. The minimum atomic E-state index is 0.935. The first-order valence-corrected chi connectivity index (χ1v) is 7.09. The summed E-state index contributed by atoms with van der Waals surface area (Å²) in [6.07, 6.45) is 0. The van der Waals surface area contributed by atoms with Crippen LogP contribution in [0.5, 0.6) is 0 Å². The van der Waals surface area contributed by atoms with Crippen LogP contribution in [-0.2, 0) is 0 Å². The molecule has 0 radical (unpaired) electrons. The number of hydrogen-bond acceptors (Lipinski definition) is 2. The molecule has 0 fully saturated rings. The molecule has 0 N–H and O–H groups in total. The molecule has 0 spiro atoms. The van der Waals surface area contributed by atoms with E-state index in [1.807, 2.05) is 43.3 Å². The standard InChI is InChI=1S/C19H18N2/c1-15-11-13-18(14-12-15)21(17-8-4-3-5-9-17)19-10-6-7-16(2)20-19/h3-14H,1-2H3. The SMILES string of the molecule is Cc1ccc(N(c2ccccc2)c2cccc(C)n2)cc1. The van der Waals surface area contributed by atoms with Crippen molar-refractivity contribution in [2.75, 3.05) is 4.90 Å². The van der Waals surface area contributed by atoms with Gasteiger partial charge in [-0.25, -0.2) is 4.98 Å². The second kappa shape index (κ2) is 5.80. The zero-order chi connectivity index (χ0) is 14.7. The minimum Gasteiger partial charge on any atom is -0.295 e. The van der Waals surface area contributed by atoms with Crippen LogP contribution in [0.3, 0.4) is 0 Å². The lowest BCUT2D eigenvalue weighted by atomic mass is 10.2. The van der Waals surface area contributed by atoms with Crippen LogP contribution in [0.25, 0.3) is 0 Å². The molecule has 2 aromatic carbocycles. The van der Waals surface area contributed by atoms with Gasteiger partial charge in [-0.3, -0.25) is 4.90 Å². The lowest BCUT2D eigenvalue weighted by Crippen LogP contribution is -2.11. The summed E-state index contributed by atoms with van der Waals surface area (Å²) in [7, 11) is 0. The lowest BCUT2D eigenvalue weighted by molar-refractivity contribution is 1.13. The van der Waals surface area contributed by atoms with Gasteiger partial charge >= 0.3 is 0 Å². The summed E-state index contributed by atoms with van der Waals surface area (Å²) >= 11 is 0. The van der Waals surface area contributed by atoms with E-state index in [1.165, 1.54) is 5.56 Å². The molecule has 0 atom stereocenters. The van der Waals surface area contributed by atoms with Crippen molar-refractivity contribution in [2.24, 2.45) is 0 Å². The highest BCUT2D eigenvalue weighted by atomic mass is 15.2. The summed E-state index contributed by atoms with van der Waals surface area (Å²) in [5.41, 5.74) is 4.49. The zero-order valence-corrected chi connectivity index (χ0v) is 12.3. The monoisotopic (exact) mass is 274 g/mol. The first kappa shape index (κ1) is 13.4. The highest BCUT2D eigenvalue weighted by Crippen LogP contribution is 2.32. The molecule has 3 rings (SSSR count). The predicted molar refractivity (Wildman–Crippen MR) is 88.4 cm³/mol. The van der Waals surface area contributed by atoms with E-state index in [2.05, 4.69) is 53.2 Å². The topological polar surface area (TPSA) is 16.1 Å². The first-order valence-electron chi connectivity index (χ1n) is 7.09. The summed E-state index contributed by atoms with van der Waals surface area (Å²) in [6.45, 7) is 4.11. The Bertz CT molecular complexity index is 718. The fourth-order valence-electron chi connectivity index (χ4n) is 2.34. The highest BCUT2D eigenvalue weighted by Gasteiger charge is 2.12. The third-order valence-electron chi connectivity index (χ3n) is 3.41. The van der Waals surface area contributed by atoms with Crippen LogP contribution in [0.2, 0.25) is 0 Å². The fourth-order valence-corrected chi connectivity index (χ4v) is 2.34. The van der Waals surface area contributed by atoms with Crippen LogP contribution in [-0.4, -0.2) is 4.98 Å². The maximum absolute atomic E-state index is 4.67. The number of hydrogen-bond donors (Lipinski definition) is 0. The van der Waals surface area contributed by atoms with Gasteiger partial charge in [-0.15, -0.1) is 0 Å². The zero-order valence-electron chi connectivity index (χ0n) is 12.3. The number of aryl methyl sites for hydroxylation is 2. The van der Waals surface area contributed by atoms with Crippen molar-refractivity contribution in [2.45, 2.75) is 13.8 Å². The van der Waals surface area contributed by atoms with Gasteiger partial charge in [0.15, 0.2) is 0 Å². The molecule has 0 amide bonds. The Hall–Kier alpha value is -2.61. The average Bonchev–Trinajstić information content (AvgIpc) is 2.51. The van der Waals surface area contributed by atoms with Gasteiger partial charge in [-0.05, 0) is 50.2 Å². The van der Waals surface area contributed by atoms with Crippen molar-refractivity contribution in [3.8, 4) is 0 Å². The molecular weight excluding hydrogens is 256 g/mol. The van der Waals surface area contributed by atoms with Crippen LogP contribution < -0.4 is 4.90 Å². The Morgan fingerprint density at radius 2 is 1.33 bits per heavy atom. The van der Waals surface area contributed by atoms with Crippen LogP contribution in [0.15, 0.2) is 72.8 Å². The number of rotatable bonds is 3. The van der Waals surface area contributed by atoms with E-state index in [-0.39, 0.29) is 0 Å². The van der Waals surface area contributed by atoms with Crippen LogP contribution in [0.1, 0.15) is 11.3 Å². The number of benzene rings is 2. The molecular formula is C19H18N2. The molecule has 2 nitrogen and oxygen atoms in total. The van der Waals surface area contributed by atoms with Crippen LogP contribution in [0, 0.1) is 13.8 Å². The van der Waals surface area contributed by atoms with Crippen molar-refractivity contribution in [1.82, 2.24) is 4.98 Å². The minimum absolute atomic E-state index is 0.935. The van der Waals surface area contributed by atoms with Gasteiger partial charge in [-0.1, -0.05) is 42.0 Å². The van der Waals surface area contributed by atoms with E-state index in [0.717, 1.165) is 22.9 Å². The van der Waals surface area contributed by atoms with Gasteiger partial charge in [0.25, 0.3) is 0 Å². The quantitative estimate of drug-likeness (QED) is 0.655. The molecule has 3 aromatic rings. The largest absolute Gasteiger partial charge is 0.295 e. The molecule has 0 bridgehead atoms. The van der Waals surface area contributed by atoms with Crippen molar-refractivity contribution in [1.29, 1.82) is 0 Å². The fraction of sp³-hybridized carbons (Fsp3) is 0.105. The smallest absolute Gasteiger partial charge is 0.137 e. The van der Waals surface area contributed by atoms with E-state index in [0.29, 0.717) is 0 Å². The van der Waals surface area contributed by atoms with Crippen molar-refractivity contribution in [3.05, 3.63) is 84.1 Å². The summed E-state index contributed by atoms with van der Waals surface area (Å²) in [6, 6.07) is 24.9. The number of anilines is 3. The van der Waals surface area contributed by atoms with E-state index in [4.69, 9.17) is 0 Å². The molecule has 0 aliphatic heterocycles. The van der Waals surface area contributed by atoms with Crippen LogP contribution in [0.4, 0.5) is 17.2 Å². The molecule has 0 saturated carbocycles. The van der Waals surface area contributed by atoms with Crippen molar-refractivity contribution >= 4 is 17.2 Å². The van der Waals surface area contributed by atoms with E-state index < -0.39 is 0 Å². The molecule has 21 heavy (non-hydrogen) atoms. The van der Waals surface area contributed by atoms with Crippen molar-refractivity contribution < 1.29 is 0 Å². The highest BCUT2D eigenvalue weighted by molar-refractivity contribution is 5.74. The third kappa shape index (κ3) is 2.95. The van der Waals surface area contributed by atoms with Crippen LogP contribution >= 0.6 is 0 Å². The van der Waals surface area contributed by atoms with Gasteiger partial charge in [-0.2, -0.15) is 0 Å². The molecule has 2 heteroatoms. The van der Waals surface area contributed by atoms with Gasteiger partial charge in [0.05, 0.1) is 0 Å². The average molecular weight is 274 g/mol. The Balaban J connectivity index is 2.13. The molecule has 0 aliphatic rings. The molecule has 1 heterocycles. The summed E-state index contributed by atoms with van der Waals surface area (Å²) in [5, 5.41) is 0. The van der Waals surface area contributed by atoms with E-state index in [1.54, 1.807) is 0 Å². The maximum atomic E-state index is 4.67. The van der Waals surface area contributed by atoms with Gasteiger partial charge < -0.3 is 0 Å². The Morgan fingerprint density at radius 1 is 0.667 bits per heavy atom. The molecule has 104 valence electrons. The third-order valence-corrected chi connectivity index (χ3v) is 3.41.